The van der Waals surface area contributed by atoms with Crippen molar-refractivity contribution >= 4 is 24.5 Å². The van der Waals surface area contributed by atoms with Crippen molar-refractivity contribution in [1.29, 1.82) is 0 Å². The van der Waals surface area contributed by atoms with Crippen LogP contribution in [0.1, 0.15) is 5.56 Å². The summed E-state index contributed by atoms with van der Waals surface area (Å²) in [5, 5.41) is 8.89. The molecule has 0 saturated heterocycles. The summed E-state index contributed by atoms with van der Waals surface area (Å²) in [4.78, 5) is 21.9. The van der Waals surface area contributed by atoms with Gasteiger partial charge in [0, 0.05) is 6.42 Å². The summed E-state index contributed by atoms with van der Waals surface area (Å²) in [6.45, 7) is 0. The van der Waals surface area contributed by atoms with E-state index in [1.807, 2.05) is 0 Å². The predicted molar refractivity (Wildman–Crippen MR) is 58.7 cm³/mol. The Balaban J connectivity index is 2.95. The van der Waals surface area contributed by atoms with Gasteiger partial charge in [0.1, 0.15) is 0 Å². The van der Waals surface area contributed by atoms with Gasteiger partial charge in [0.15, 0.2) is 4.75 Å². The third kappa shape index (κ3) is 2.50. The van der Waals surface area contributed by atoms with Crippen molar-refractivity contribution in [1.82, 2.24) is 0 Å². The van der Waals surface area contributed by atoms with Gasteiger partial charge in [0.2, 0.25) is 5.91 Å². The van der Waals surface area contributed by atoms with Crippen molar-refractivity contribution in [3.8, 4) is 0 Å². The quantitative estimate of drug-likeness (QED) is 0.514. The molecule has 5 heteroatoms. The number of amides is 1. The van der Waals surface area contributed by atoms with Crippen LogP contribution in [0.25, 0.3) is 0 Å². The molecule has 0 bridgehead atoms. The number of carbonyl (C=O) groups excluding carboxylic acids is 1. The lowest BCUT2D eigenvalue weighted by molar-refractivity contribution is -0.143. The second kappa shape index (κ2) is 4.35. The van der Waals surface area contributed by atoms with Crippen LogP contribution in [0.5, 0.6) is 0 Å². The predicted octanol–water partition coefficient (Wildman–Crippen LogP) is 0.468. The van der Waals surface area contributed by atoms with Gasteiger partial charge in [-0.05, 0) is 5.56 Å². The minimum Gasteiger partial charge on any atom is -0.480 e. The van der Waals surface area contributed by atoms with E-state index in [1.54, 1.807) is 30.3 Å². The van der Waals surface area contributed by atoms with Gasteiger partial charge in [-0.15, -0.1) is 0 Å². The number of nitrogens with two attached hydrogens (primary N) is 1. The molecule has 0 heterocycles. The lowest BCUT2D eigenvalue weighted by atomic mass is 9.98. The molecule has 80 valence electrons. The van der Waals surface area contributed by atoms with Crippen LogP contribution in [-0.4, -0.2) is 21.7 Å². The van der Waals surface area contributed by atoms with Gasteiger partial charge in [-0.2, -0.15) is 12.6 Å². The summed E-state index contributed by atoms with van der Waals surface area (Å²) in [5.74, 6) is -2.29. The summed E-state index contributed by atoms with van der Waals surface area (Å²) in [6, 6.07) is 8.75. The van der Waals surface area contributed by atoms with Crippen LogP contribution < -0.4 is 5.73 Å². The molecule has 0 fully saturated rings. The van der Waals surface area contributed by atoms with Crippen molar-refractivity contribution in [2.24, 2.45) is 5.73 Å². The minimum absolute atomic E-state index is 0.0262. The third-order valence-corrected chi connectivity index (χ3v) is 2.63. The average molecular weight is 225 g/mol. The Morgan fingerprint density at radius 3 is 2.27 bits per heavy atom. The SMILES string of the molecule is NC(=O)C(S)(Cc1ccccc1)C(=O)O. The highest BCUT2D eigenvalue weighted by Crippen LogP contribution is 2.20. The molecule has 0 aliphatic heterocycles. The number of hydrogen-bond donors (Lipinski definition) is 3. The molecule has 0 spiro atoms. The van der Waals surface area contributed by atoms with E-state index in [2.05, 4.69) is 12.6 Å². The maximum absolute atomic E-state index is 11.0. The van der Waals surface area contributed by atoms with Crippen LogP contribution >= 0.6 is 12.6 Å². The highest BCUT2D eigenvalue weighted by atomic mass is 32.1. The van der Waals surface area contributed by atoms with Gasteiger partial charge in [-0.25, -0.2) is 0 Å². The monoisotopic (exact) mass is 225 g/mol. The van der Waals surface area contributed by atoms with Gasteiger partial charge < -0.3 is 10.8 Å². The molecule has 0 aliphatic carbocycles. The molecule has 1 unspecified atom stereocenters. The Morgan fingerprint density at radius 2 is 1.87 bits per heavy atom. The molecule has 15 heavy (non-hydrogen) atoms. The zero-order valence-corrected chi connectivity index (χ0v) is 8.78. The number of hydrogen-bond acceptors (Lipinski definition) is 3. The normalized spacial score (nSPS) is 14.2. The number of thiol groups is 1. The van der Waals surface area contributed by atoms with Crippen molar-refractivity contribution in [2.45, 2.75) is 11.2 Å². The fraction of sp³-hybridized carbons (Fsp3) is 0.200. The Bertz CT molecular complexity index is 364. The van der Waals surface area contributed by atoms with E-state index < -0.39 is 16.6 Å². The van der Waals surface area contributed by atoms with E-state index in [9.17, 15) is 9.59 Å². The van der Waals surface area contributed by atoms with Crippen LogP contribution in [0.4, 0.5) is 0 Å². The molecule has 0 saturated carbocycles. The number of carboxylic acid groups (broad SMARTS) is 1. The Labute approximate surface area is 92.5 Å². The van der Waals surface area contributed by atoms with Gasteiger partial charge in [0.25, 0.3) is 0 Å². The van der Waals surface area contributed by atoms with Crippen LogP contribution in [0.3, 0.4) is 0 Å². The van der Waals surface area contributed by atoms with E-state index in [0.717, 1.165) is 0 Å². The Hall–Kier alpha value is -1.49. The van der Waals surface area contributed by atoms with Crippen molar-refractivity contribution in [3.63, 3.8) is 0 Å². The second-order valence-electron chi connectivity index (χ2n) is 3.19. The topological polar surface area (TPSA) is 80.4 Å². The molecule has 1 aromatic carbocycles. The average Bonchev–Trinajstić information content (AvgIpc) is 2.18. The molecule has 1 amide bonds. The molecule has 0 aliphatic rings. The molecule has 4 nitrogen and oxygen atoms in total. The fourth-order valence-electron chi connectivity index (χ4n) is 1.16. The molecular weight excluding hydrogens is 214 g/mol. The first-order valence-corrected chi connectivity index (χ1v) is 4.71. The van der Waals surface area contributed by atoms with Gasteiger partial charge >= 0.3 is 5.97 Å². The van der Waals surface area contributed by atoms with Crippen molar-refractivity contribution < 1.29 is 14.7 Å². The highest BCUT2D eigenvalue weighted by molar-refractivity contribution is 7.83. The van der Waals surface area contributed by atoms with E-state index in [0.29, 0.717) is 5.56 Å². The van der Waals surface area contributed by atoms with Gasteiger partial charge in [-0.3, -0.25) is 9.59 Å². The minimum atomic E-state index is -1.85. The molecule has 1 aromatic rings. The number of carbonyl (C=O) groups is 2. The summed E-state index contributed by atoms with van der Waals surface area (Å²) in [6.07, 6.45) is -0.0262. The largest absolute Gasteiger partial charge is 0.480 e. The van der Waals surface area contributed by atoms with Crippen LogP contribution in [0.15, 0.2) is 30.3 Å². The molecule has 3 N–H and O–H groups in total. The van der Waals surface area contributed by atoms with E-state index in [4.69, 9.17) is 10.8 Å². The first-order valence-electron chi connectivity index (χ1n) is 4.26. The lowest BCUT2D eigenvalue weighted by Crippen LogP contribution is -2.47. The molecule has 1 atom stereocenters. The van der Waals surface area contributed by atoms with Crippen LogP contribution in [0.2, 0.25) is 0 Å². The fourth-order valence-corrected chi connectivity index (χ4v) is 1.34. The summed E-state index contributed by atoms with van der Waals surface area (Å²) in [5.41, 5.74) is 5.73. The maximum Gasteiger partial charge on any atom is 0.329 e. The number of benzene rings is 1. The summed E-state index contributed by atoms with van der Waals surface area (Å²) >= 11 is 3.85. The smallest absolute Gasteiger partial charge is 0.329 e. The first kappa shape index (κ1) is 11.6. The van der Waals surface area contributed by atoms with Gasteiger partial charge in [-0.1, -0.05) is 30.3 Å². The third-order valence-electron chi connectivity index (χ3n) is 2.06. The van der Waals surface area contributed by atoms with E-state index >= 15 is 0 Å². The summed E-state index contributed by atoms with van der Waals surface area (Å²) < 4.78 is -1.85. The van der Waals surface area contributed by atoms with Crippen molar-refractivity contribution in [3.05, 3.63) is 35.9 Å². The lowest BCUT2D eigenvalue weighted by Gasteiger charge is -2.19. The van der Waals surface area contributed by atoms with Crippen molar-refractivity contribution in [2.75, 3.05) is 0 Å². The van der Waals surface area contributed by atoms with Crippen LogP contribution in [-0.2, 0) is 16.0 Å². The number of primary amides is 1. The molecular formula is C10H11NO3S. The van der Waals surface area contributed by atoms with E-state index in [-0.39, 0.29) is 6.42 Å². The van der Waals surface area contributed by atoms with Crippen LogP contribution in [0, 0.1) is 0 Å². The van der Waals surface area contributed by atoms with Gasteiger partial charge in [0.05, 0.1) is 0 Å². The zero-order valence-electron chi connectivity index (χ0n) is 7.88. The second-order valence-corrected chi connectivity index (χ2v) is 3.96. The first-order chi connectivity index (χ1) is 6.97. The Morgan fingerprint density at radius 1 is 1.33 bits per heavy atom. The number of aliphatic carboxylic acids is 1. The van der Waals surface area contributed by atoms with E-state index in [1.165, 1.54) is 0 Å². The maximum atomic E-state index is 11.0. The molecule has 0 radical (unpaired) electrons. The number of rotatable bonds is 4. The highest BCUT2D eigenvalue weighted by Gasteiger charge is 2.41. The standard InChI is InChI=1S/C10H11NO3S/c11-8(12)10(15,9(13)14)6-7-4-2-1-3-5-7/h1-5,15H,6H2,(H2,11,12)(H,13,14). The zero-order chi connectivity index (χ0) is 11.5. The summed E-state index contributed by atoms with van der Waals surface area (Å²) in [7, 11) is 0. The molecule has 1 rings (SSSR count). The Kier molecular flexibility index (Phi) is 3.36. The molecule has 0 aromatic heterocycles. The number of carboxylic acids is 1.